The summed E-state index contributed by atoms with van der Waals surface area (Å²) in [5.41, 5.74) is 6.92. The summed E-state index contributed by atoms with van der Waals surface area (Å²) in [4.78, 5) is 0. The molecule has 3 unspecified atom stereocenters. The van der Waals surface area contributed by atoms with Gasteiger partial charge in [0.25, 0.3) is 0 Å². The van der Waals surface area contributed by atoms with E-state index in [0.717, 1.165) is 30.6 Å². The van der Waals surface area contributed by atoms with Crippen LogP contribution in [0.15, 0.2) is 18.2 Å². The molecule has 0 bridgehead atoms. The summed E-state index contributed by atoms with van der Waals surface area (Å²) in [6, 6.07) is 5.88. The molecule has 2 N–H and O–H groups in total. The number of benzene rings is 1. The molecule has 0 amide bonds. The van der Waals surface area contributed by atoms with Crippen molar-refractivity contribution < 1.29 is 9.47 Å². The highest BCUT2D eigenvalue weighted by atomic mass is 35.5. The Morgan fingerprint density at radius 2 is 2.26 bits per heavy atom. The van der Waals surface area contributed by atoms with Crippen LogP contribution in [0.3, 0.4) is 0 Å². The summed E-state index contributed by atoms with van der Waals surface area (Å²) in [6.07, 6.45) is 3.42. The first kappa shape index (κ1) is 14.6. The van der Waals surface area contributed by atoms with Crippen LogP contribution in [-0.4, -0.2) is 24.9 Å². The maximum Gasteiger partial charge on any atom is 0.141 e. The average molecular weight is 284 g/mol. The molecule has 106 valence electrons. The van der Waals surface area contributed by atoms with E-state index < -0.39 is 0 Å². The Morgan fingerprint density at radius 3 is 2.89 bits per heavy atom. The number of halogens is 1. The maximum absolute atomic E-state index is 6.22. The van der Waals surface area contributed by atoms with Crippen molar-refractivity contribution in [1.82, 2.24) is 0 Å². The second kappa shape index (κ2) is 6.60. The molecule has 19 heavy (non-hydrogen) atoms. The minimum absolute atomic E-state index is 0.0866. The summed E-state index contributed by atoms with van der Waals surface area (Å²) in [5, 5.41) is 0.643. The average Bonchev–Trinajstić information content (AvgIpc) is 2.73. The summed E-state index contributed by atoms with van der Waals surface area (Å²) >= 11 is 6.22. The van der Waals surface area contributed by atoms with Crippen molar-refractivity contribution in [2.24, 2.45) is 5.73 Å². The number of para-hydroxylation sites is 1. The van der Waals surface area contributed by atoms with Gasteiger partial charge in [-0.05, 0) is 44.7 Å². The minimum atomic E-state index is 0.0866. The molecule has 1 saturated heterocycles. The second-order valence-electron chi connectivity index (χ2n) is 5.37. The first-order valence-corrected chi connectivity index (χ1v) is 7.25. The van der Waals surface area contributed by atoms with E-state index in [1.165, 1.54) is 0 Å². The van der Waals surface area contributed by atoms with Gasteiger partial charge in [-0.1, -0.05) is 23.7 Å². The summed E-state index contributed by atoms with van der Waals surface area (Å²) in [7, 11) is 0. The summed E-state index contributed by atoms with van der Waals surface area (Å²) < 4.78 is 11.6. The van der Waals surface area contributed by atoms with Crippen molar-refractivity contribution >= 4 is 11.6 Å². The van der Waals surface area contributed by atoms with Gasteiger partial charge in [0.15, 0.2) is 0 Å². The number of ether oxygens (including phenoxy) is 2. The van der Waals surface area contributed by atoms with Crippen LogP contribution < -0.4 is 10.5 Å². The van der Waals surface area contributed by atoms with E-state index >= 15 is 0 Å². The van der Waals surface area contributed by atoms with Gasteiger partial charge in [-0.15, -0.1) is 0 Å². The summed E-state index contributed by atoms with van der Waals surface area (Å²) in [6.45, 7) is 4.63. The maximum atomic E-state index is 6.22. The molecule has 0 spiro atoms. The molecular formula is C15H22ClNO2. The van der Waals surface area contributed by atoms with Crippen molar-refractivity contribution in [3.63, 3.8) is 0 Å². The fourth-order valence-corrected chi connectivity index (χ4v) is 2.66. The Morgan fingerprint density at radius 1 is 1.47 bits per heavy atom. The SMILES string of the molecule is CC(N)Cc1cccc(Cl)c1OCC1CCC(C)O1. The minimum Gasteiger partial charge on any atom is -0.489 e. The largest absolute Gasteiger partial charge is 0.489 e. The lowest BCUT2D eigenvalue weighted by atomic mass is 10.1. The first-order chi connectivity index (χ1) is 9.06. The van der Waals surface area contributed by atoms with Crippen molar-refractivity contribution in [3.8, 4) is 5.75 Å². The van der Waals surface area contributed by atoms with Crippen LogP contribution in [0, 0.1) is 0 Å². The van der Waals surface area contributed by atoms with Crippen molar-refractivity contribution in [1.29, 1.82) is 0 Å². The molecule has 4 heteroatoms. The van der Waals surface area contributed by atoms with E-state index in [0.29, 0.717) is 17.7 Å². The van der Waals surface area contributed by atoms with Crippen LogP contribution in [0.5, 0.6) is 5.75 Å². The van der Waals surface area contributed by atoms with Gasteiger partial charge in [-0.2, -0.15) is 0 Å². The normalized spacial score (nSPS) is 24.4. The lowest BCUT2D eigenvalue weighted by Crippen LogP contribution is -2.21. The standard InChI is InChI=1S/C15H22ClNO2/c1-10(17)8-12-4-3-5-14(16)15(12)18-9-13-7-6-11(2)19-13/h3-5,10-11,13H,6-9,17H2,1-2H3. The lowest BCUT2D eigenvalue weighted by molar-refractivity contribution is 0.0263. The van der Waals surface area contributed by atoms with Crippen molar-refractivity contribution in [2.45, 2.75) is 51.4 Å². The monoisotopic (exact) mass is 283 g/mol. The van der Waals surface area contributed by atoms with E-state index in [9.17, 15) is 0 Å². The molecule has 1 aromatic carbocycles. The van der Waals surface area contributed by atoms with E-state index in [1.54, 1.807) is 0 Å². The molecule has 2 rings (SSSR count). The van der Waals surface area contributed by atoms with Gasteiger partial charge in [0, 0.05) is 6.04 Å². The third-order valence-electron chi connectivity index (χ3n) is 3.32. The fraction of sp³-hybridized carbons (Fsp3) is 0.600. The van der Waals surface area contributed by atoms with Gasteiger partial charge in [-0.3, -0.25) is 0 Å². The van der Waals surface area contributed by atoms with Gasteiger partial charge >= 0.3 is 0 Å². The molecule has 1 fully saturated rings. The Hall–Kier alpha value is -0.770. The quantitative estimate of drug-likeness (QED) is 0.903. The number of nitrogens with two attached hydrogens (primary N) is 1. The smallest absolute Gasteiger partial charge is 0.141 e. The predicted octanol–water partition coefficient (Wildman–Crippen LogP) is 3.18. The van der Waals surface area contributed by atoms with Gasteiger partial charge in [0.2, 0.25) is 0 Å². The molecule has 1 aliphatic heterocycles. The number of hydrogen-bond donors (Lipinski definition) is 1. The third kappa shape index (κ3) is 4.10. The van der Waals surface area contributed by atoms with Crippen LogP contribution in [0.2, 0.25) is 5.02 Å². The number of rotatable bonds is 5. The van der Waals surface area contributed by atoms with E-state index in [4.69, 9.17) is 26.8 Å². The van der Waals surface area contributed by atoms with Gasteiger partial charge in [0.05, 0.1) is 17.2 Å². The highest BCUT2D eigenvalue weighted by Gasteiger charge is 2.23. The molecule has 3 nitrogen and oxygen atoms in total. The van der Waals surface area contributed by atoms with E-state index in [1.807, 2.05) is 25.1 Å². The zero-order chi connectivity index (χ0) is 13.8. The van der Waals surface area contributed by atoms with Gasteiger partial charge in [-0.25, -0.2) is 0 Å². The second-order valence-corrected chi connectivity index (χ2v) is 5.77. The highest BCUT2D eigenvalue weighted by molar-refractivity contribution is 6.32. The summed E-state index contributed by atoms with van der Waals surface area (Å²) in [5.74, 6) is 0.754. The molecular weight excluding hydrogens is 262 g/mol. The van der Waals surface area contributed by atoms with Crippen LogP contribution in [0.1, 0.15) is 32.3 Å². The zero-order valence-corrected chi connectivity index (χ0v) is 12.3. The van der Waals surface area contributed by atoms with Crippen LogP contribution in [0.25, 0.3) is 0 Å². The molecule has 0 aliphatic carbocycles. The Balaban J connectivity index is 2.01. The molecule has 1 aliphatic rings. The van der Waals surface area contributed by atoms with E-state index in [2.05, 4.69) is 6.92 Å². The lowest BCUT2D eigenvalue weighted by Gasteiger charge is -2.17. The van der Waals surface area contributed by atoms with E-state index in [-0.39, 0.29) is 12.1 Å². The molecule has 3 atom stereocenters. The Bertz CT molecular complexity index is 423. The van der Waals surface area contributed by atoms with Crippen LogP contribution >= 0.6 is 11.6 Å². The highest BCUT2D eigenvalue weighted by Crippen LogP contribution is 2.30. The molecule has 0 saturated carbocycles. The molecule has 1 heterocycles. The Kier molecular flexibility index (Phi) is 5.08. The third-order valence-corrected chi connectivity index (χ3v) is 3.62. The van der Waals surface area contributed by atoms with Gasteiger partial charge in [0.1, 0.15) is 12.4 Å². The van der Waals surface area contributed by atoms with Crippen LogP contribution in [0.4, 0.5) is 0 Å². The topological polar surface area (TPSA) is 44.5 Å². The Labute approximate surface area is 120 Å². The van der Waals surface area contributed by atoms with Crippen molar-refractivity contribution in [3.05, 3.63) is 28.8 Å². The van der Waals surface area contributed by atoms with Crippen molar-refractivity contribution in [2.75, 3.05) is 6.61 Å². The zero-order valence-electron chi connectivity index (χ0n) is 11.6. The number of hydrogen-bond acceptors (Lipinski definition) is 3. The van der Waals surface area contributed by atoms with Gasteiger partial charge < -0.3 is 15.2 Å². The molecule has 1 aromatic rings. The predicted molar refractivity (Wildman–Crippen MR) is 77.9 cm³/mol. The molecule has 0 aromatic heterocycles. The molecule has 0 radical (unpaired) electrons. The first-order valence-electron chi connectivity index (χ1n) is 6.87. The van der Waals surface area contributed by atoms with Crippen LogP contribution in [-0.2, 0) is 11.2 Å². The fourth-order valence-electron chi connectivity index (χ4n) is 2.41.